The van der Waals surface area contributed by atoms with Gasteiger partial charge < -0.3 is 10.2 Å². The van der Waals surface area contributed by atoms with E-state index in [4.69, 9.17) is 0 Å². The molecular weight excluding hydrogens is 332 g/mol. The number of aromatic hydroxyl groups is 2. The fraction of sp³-hybridized carbons (Fsp3) is 0.680. The van der Waals surface area contributed by atoms with E-state index < -0.39 is 0 Å². The second-order valence-corrected chi connectivity index (χ2v) is 7.92. The van der Waals surface area contributed by atoms with Crippen LogP contribution in [0.5, 0.6) is 11.5 Å². The Labute approximate surface area is 167 Å². The normalized spacial score (nSPS) is 11.4. The SMILES string of the molecule is CCCCCCCCCCCCCCCCC/C=C/c1cc(O)cc(O)c1. The quantitative estimate of drug-likeness (QED) is 0.269. The van der Waals surface area contributed by atoms with Crippen LogP contribution in [-0.4, -0.2) is 10.2 Å². The van der Waals surface area contributed by atoms with Crippen molar-refractivity contribution in [1.29, 1.82) is 0 Å². The molecule has 0 unspecified atom stereocenters. The summed E-state index contributed by atoms with van der Waals surface area (Å²) in [7, 11) is 0. The molecule has 0 aliphatic carbocycles. The molecule has 1 rings (SSSR count). The van der Waals surface area contributed by atoms with Gasteiger partial charge in [-0.1, -0.05) is 109 Å². The van der Waals surface area contributed by atoms with Crippen molar-refractivity contribution in [2.75, 3.05) is 0 Å². The Hall–Kier alpha value is -1.44. The highest BCUT2D eigenvalue weighted by Gasteiger charge is 1.96. The molecule has 0 spiro atoms. The molecule has 0 atom stereocenters. The van der Waals surface area contributed by atoms with Crippen LogP contribution in [0.2, 0.25) is 0 Å². The van der Waals surface area contributed by atoms with E-state index >= 15 is 0 Å². The molecule has 0 aliphatic heterocycles. The summed E-state index contributed by atoms with van der Waals surface area (Å²) < 4.78 is 0. The molecule has 1 aromatic rings. The number of hydrogen-bond acceptors (Lipinski definition) is 2. The van der Waals surface area contributed by atoms with Gasteiger partial charge in [0.15, 0.2) is 0 Å². The molecule has 154 valence electrons. The van der Waals surface area contributed by atoms with Crippen LogP contribution in [0.15, 0.2) is 24.3 Å². The monoisotopic (exact) mass is 374 g/mol. The smallest absolute Gasteiger partial charge is 0.119 e. The van der Waals surface area contributed by atoms with E-state index in [2.05, 4.69) is 13.0 Å². The Kier molecular flexibility index (Phi) is 14.6. The molecule has 2 heteroatoms. The lowest BCUT2D eigenvalue weighted by Gasteiger charge is -2.03. The van der Waals surface area contributed by atoms with Crippen LogP contribution in [0, 0.1) is 0 Å². The summed E-state index contributed by atoms with van der Waals surface area (Å²) in [5, 5.41) is 18.9. The molecule has 0 saturated carbocycles. The predicted molar refractivity (Wildman–Crippen MR) is 118 cm³/mol. The van der Waals surface area contributed by atoms with Crippen molar-refractivity contribution < 1.29 is 10.2 Å². The number of phenols is 2. The minimum Gasteiger partial charge on any atom is -0.508 e. The maximum absolute atomic E-state index is 9.44. The van der Waals surface area contributed by atoms with Gasteiger partial charge in [-0.05, 0) is 30.5 Å². The van der Waals surface area contributed by atoms with Crippen LogP contribution in [0.1, 0.15) is 115 Å². The van der Waals surface area contributed by atoms with Gasteiger partial charge in [0.2, 0.25) is 0 Å². The Bertz CT molecular complexity index is 473. The summed E-state index contributed by atoms with van der Waals surface area (Å²) in [5.74, 6) is 0.225. The molecule has 0 heterocycles. The Balaban J connectivity index is 1.83. The van der Waals surface area contributed by atoms with Crippen LogP contribution < -0.4 is 0 Å². The van der Waals surface area contributed by atoms with E-state index in [0.717, 1.165) is 12.0 Å². The molecule has 0 amide bonds. The molecular formula is C25H42O2. The third-order valence-electron chi connectivity index (χ3n) is 5.21. The van der Waals surface area contributed by atoms with Gasteiger partial charge >= 0.3 is 0 Å². The van der Waals surface area contributed by atoms with Gasteiger partial charge in [0.1, 0.15) is 11.5 Å². The molecule has 0 bridgehead atoms. The first-order valence-corrected chi connectivity index (χ1v) is 11.4. The van der Waals surface area contributed by atoms with Gasteiger partial charge in [0, 0.05) is 6.07 Å². The topological polar surface area (TPSA) is 40.5 Å². The van der Waals surface area contributed by atoms with Crippen molar-refractivity contribution in [3.05, 3.63) is 29.8 Å². The molecule has 1 aromatic carbocycles. The first-order valence-electron chi connectivity index (χ1n) is 11.4. The summed E-state index contributed by atoms with van der Waals surface area (Å²) in [6.07, 6.45) is 26.1. The maximum atomic E-state index is 9.44. The van der Waals surface area contributed by atoms with E-state index in [0.29, 0.717) is 0 Å². The van der Waals surface area contributed by atoms with Crippen molar-refractivity contribution in [3.63, 3.8) is 0 Å². The lowest BCUT2D eigenvalue weighted by atomic mass is 10.0. The first kappa shape index (κ1) is 23.6. The number of rotatable bonds is 17. The summed E-state index contributed by atoms with van der Waals surface area (Å²) in [5.41, 5.74) is 0.855. The highest BCUT2D eigenvalue weighted by atomic mass is 16.3. The van der Waals surface area contributed by atoms with E-state index in [1.165, 1.54) is 102 Å². The summed E-state index contributed by atoms with van der Waals surface area (Å²) in [6.45, 7) is 2.28. The third-order valence-corrected chi connectivity index (χ3v) is 5.21. The second kappa shape index (κ2) is 16.7. The molecule has 27 heavy (non-hydrogen) atoms. The lowest BCUT2D eigenvalue weighted by Crippen LogP contribution is -1.83. The zero-order chi connectivity index (χ0) is 19.6. The number of benzene rings is 1. The van der Waals surface area contributed by atoms with Gasteiger partial charge in [0.25, 0.3) is 0 Å². The van der Waals surface area contributed by atoms with E-state index in [1.54, 1.807) is 12.1 Å². The molecule has 0 saturated heterocycles. The van der Waals surface area contributed by atoms with E-state index in [1.807, 2.05) is 6.08 Å². The van der Waals surface area contributed by atoms with Crippen molar-refractivity contribution in [3.8, 4) is 11.5 Å². The fourth-order valence-corrected chi connectivity index (χ4v) is 3.57. The minimum atomic E-state index is 0.113. The Morgan fingerprint density at radius 3 is 1.44 bits per heavy atom. The van der Waals surface area contributed by atoms with E-state index in [9.17, 15) is 10.2 Å². The number of allylic oxidation sites excluding steroid dienone is 1. The van der Waals surface area contributed by atoms with Crippen LogP contribution in [0.3, 0.4) is 0 Å². The largest absolute Gasteiger partial charge is 0.508 e. The molecule has 2 N–H and O–H groups in total. The standard InChI is InChI=1S/C25H42O2/c1-2-3-4-5-6-7-8-9-10-11-12-13-14-15-16-17-18-19-23-20-24(26)22-25(27)21-23/h18-22,26-27H,2-17H2,1H3/b19-18+. The Morgan fingerprint density at radius 2 is 1.00 bits per heavy atom. The van der Waals surface area contributed by atoms with Crippen LogP contribution in [-0.2, 0) is 0 Å². The first-order chi connectivity index (χ1) is 13.2. The van der Waals surface area contributed by atoms with Crippen molar-refractivity contribution in [1.82, 2.24) is 0 Å². The average Bonchev–Trinajstić information content (AvgIpc) is 2.63. The van der Waals surface area contributed by atoms with Gasteiger partial charge in [-0.2, -0.15) is 0 Å². The second-order valence-electron chi connectivity index (χ2n) is 7.92. The van der Waals surface area contributed by atoms with Crippen LogP contribution >= 0.6 is 0 Å². The van der Waals surface area contributed by atoms with Crippen LogP contribution in [0.25, 0.3) is 6.08 Å². The highest BCUT2D eigenvalue weighted by molar-refractivity contribution is 5.54. The van der Waals surface area contributed by atoms with Crippen LogP contribution in [0.4, 0.5) is 0 Å². The lowest BCUT2D eigenvalue weighted by molar-refractivity contribution is 0.450. The summed E-state index contributed by atoms with van der Waals surface area (Å²) in [4.78, 5) is 0. The van der Waals surface area contributed by atoms with Crippen molar-refractivity contribution in [2.24, 2.45) is 0 Å². The van der Waals surface area contributed by atoms with Crippen molar-refractivity contribution in [2.45, 2.75) is 110 Å². The zero-order valence-corrected chi connectivity index (χ0v) is 17.6. The summed E-state index contributed by atoms with van der Waals surface area (Å²) >= 11 is 0. The Morgan fingerprint density at radius 1 is 0.593 bits per heavy atom. The van der Waals surface area contributed by atoms with Gasteiger partial charge in [-0.3, -0.25) is 0 Å². The number of phenolic OH excluding ortho intramolecular Hbond substituents is 2. The van der Waals surface area contributed by atoms with Crippen molar-refractivity contribution >= 4 is 6.08 Å². The maximum Gasteiger partial charge on any atom is 0.119 e. The summed E-state index contributed by atoms with van der Waals surface area (Å²) in [6, 6.07) is 4.69. The molecule has 0 aromatic heterocycles. The molecule has 0 radical (unpaired) electrons. The van der Waals surface area contributed by atoms with Gasteiger partial charge in [-0.15, -0.1) is 0 Å². The number of hydrogen-bond donors (Lipinski definition) is 2. The van der Waals surface area contributed by atoms with Gasteiger partial charge in [-0.25, -0.2) is 0 Å². The molecule has 0 aliphatic rings. The molecule has 2 nitrogen and oxygen atoms in total. The average molecular weight is 375 g/mol. The third kappa shape index (κ3) is 14.3. The van der Waals surface area contributed by atoms with E-state index in [-0.39, 0.29) is 11.5 Å². The fourth-order valence-electron chi connectivity index (χ4n) is 3.57. The predicted octanol–water partition coefficient (Wildman–Crippen LogP) is 8.37. The van der Waals surface area contributed by atoms with Gasteiger partial charge in [0.05, 0.1) is 0 Å². The molecule has 0 fully saturated rings. The minimum absolute atomic E-state index is 0.113. The zero-order valence-electron chi connectivity index (χ0n) is 17.6. The number of unbranched alkanes of at least 4 members (excludes halogenated alkanes) is 15. The highest BCUT2D eigenvalue weighted by Crippen LogP contribution is 2.21.